The number of fused-ring (bicyclic) bond motifs is 3. The number of likely N-dealkylation sites (tertiary alicyclic amines) is 1. The lowest BCUT2D eigenvalue weighted by atomic mass is 9.79. The number of piperidine rings is 2. The van der Waals surface area contributed by atoms with Crippen molar-refractivity contribution in [2.75, 3.05) is 24.5 Å². The van der Waals surface area contributed by atoms with Crippen molar-refractivity contribution in [3.8, 4) is 0 Å². The van der Waals surface area contributed by atoms with Crippen LogP contribution in [0.15, 0.2) is 54.7 Å². The molecule has 0 aliphatic carbocycles. The fraction of sp³-hybridized carbons (Fsp3) is 0.406. The monoisotopic (exact) mass is 508 g/mol. The summed E-state index contributed by atoms with van der Waals surface area (Å²) in [6, 6.07) is 16.3. The predicted molar refractivity (Wildman–Crippen MR) is 153 cm³/mol. The van der Waals surface area contributed by atoms with Gasteiger partial charge in [-0.2, -0.15) is 0 Å². The van der Waals surface area contributed by atoms with Gasteiger partial charge in [0.2, 0.25) is 0 Å². The zero-order valence-corrected chi connectivity index (χ0v) is 22.6. The molecule has 1 unspecified atom stereocenters. The Labute approximate surface area is 224 Å². The zero-order valence-electron chi connectivity index (χ0n) is 22.6. The molecule has 2 aromatic carbocycles. The summed E-state index contributed by atoms with van der Waals surface area (Å²) < 4.78 is 0. The number of aromatic nitrogens is 2. The van der Waals surface area contributed by atoms with E-state index in [1.165, 1.54) is 5.56 Å². The number of para-hydroxylation sites is 1. The second-order valence-corrected chi connectivity index (χ2v) is 12.1. The van der Waals surface area contributed by atoms with Gasteiger partial charge in [0.1, 0.15) is 5.82 Å². The van der Waals surface area contributed by atoms with E-state index in [1.54, 1.807) is 6.20 Å². The summed E-state index contributed by atoms with van der Waals surface area (Å²) in [5, 5.41) is 2.09. The van der Waals surface area contributed by atoms with Crippen molar-refractivity contribution in [1.82, 2.24) is 14.9 Å². The minimum absolute atomic E-state index is 0.0551. The average molecular weight is 509 g/mol. The maximum Gasteiger partial charge on any atom is 0.253 e. The number of carbonyl (C=O) groups is 2. The Morgan fingerprint density at radius 2 is 1.76 bits per heavy atom. The Bertz CT molecular complexity index is 1510. The van der Waals surface area contributed by atoms with Crippen LogP contribution >= 0.6 is 0 Å². The number of rotatable bonds is 3. The van der Waals surface area contributed by atoms with Gasteiger partial charge in [0.05, 0.1) is 22.0 Å². The van der Waals surface area contributed by atoms with Crippen LogP contribution in [0, 0.1) is 0 Å². The number of hydrogen-bond acceptors (Lipinski definition) is 4. The van der Waals surface area contributed by atoms with E-state index in [0.717, 1.165) is 84.7 Å². The van der Waals surface area contributed by atoms with Gasteiger partial charge >= 0.3 is 0 Å². The fourth-order valence-electron chi connectivity index (χ4n) is 6.58. The first-order chi connectivity index (χ1) is 18.3. The summed E-state index contributed by atoms with van der Waals surface area (Å²) in [7, 11) is 0. The summed E-state index contributed by atoms with van der Waals surface area (Å²) in [6.07, 6.45) is 7.83. The molecular weight excluding hydrogens is 472 g/mol. The molecule has 6 nitrogen and oxygen atoms in total. The molecule has 38 heavy (non-hydrogen) atoms. The SMILES string of the molecule is CC(C)(C)c1ccc(C(=O)N2CCCC3(CCCCN3c3ncc(C=O)c4[nH]c5ccccc5c34)C2)cc1. The van der Waals surface area contributed by atoms with Crippen molar-refractivity contribution in [2.24, 2.45) is 0 Å². The van der Waals surface area contributed by atoms with Crippen LogP contribution in [0.1, 0.15) is 79.2 Å². The van der Waals surface area contributed by atoms with Crippen molar-refractivity contribution >= 4 is 39.8 Å². The van der Waals surface area contributed by atoms with E-state index >= 15 is 0 Å². The molecule has 1 amide bonds. The Balaban J connectivity index is 1.38. The molecule has 1 spiro atoms. The second-order valence-electron chi connectivity index (χ2n) is 12.1. The number of hydrogen-bond donors (Lipinski definition) is 1. The summed E-state index contributed by atoms with van der Waals surface area (Å²) in [5.41, 5.74) is 4.29. The van der Waals surface area contributed by atoms with Gasteiger partial charge < -0.3 is 14.8 Å². The summed E-state index contributed by atoms with van der Waals surface area (Å²) in [4.78, 5) is 38.5. The van der Waals surface area contributed by atoms with E-state index in [4.69, 9.17) is 4.98 Å². The van der Waals surface area contributed by atoms with E-state index in [1.807, 2.05) is 30.3 Å². The molecule has 4 heterocycles. The van der Waals surface area contributed by atoms with Gasteiger partial charge in [0.15, 0.2) is 6.29 Å². The quantitative estimate of drug-likeness (QED) is 0.321. The zero-order chi connectivity index (χ0) is 26.5. The highest BCUT2D eigenvalue weighted by Crippen LogP contribution is 2.43. The van der Waals surface area contributed by atoms with Crippen LogP contribution in [0.3, 0.4) is 0 Å². The van der Waals surface area contributed by atoms with E-state index in [9.17, 15) is 9.59 Å². The van der Waals surface area contributed by atoms with Gasteiger partial charge in [-0.05, 0) is 61.3 Å². The maximum absolute atomic E-state index is 13.7. The summed E-state index contributed by atoms with van der Waals surface area (Å²) in [6.45, 7) is 8.93. The predicted octanol–water partition coefficient (Wildman–Crippen LogP) is 6.49. The van der Waals surface area contributed by atoms with Gasteiger partial charge in [-0.3, -0.25) is 9.59 Å². The molecule has 4 aromatic rings. The van der Waals surface area contributed by atoms with Crippen molar-refractivity contribution in [2.45, 2.75) is 63.8 Å². The van der Waals surface area contributed by atoms with E-state index in [-0.39, 0.29) is 16.9 Å². The number of anilines is 1. The lowest BCUT2D eigenvalue weighted by Gasteiger charge is -2.53. The Hall–Kier alpha value is -3.67. The number of amides is 1. The first-order valence-corrected chi connectivity index (χ1v) is 13.8. The van der Waals surface area contributed by atoms with Crippen LogP contribution in [0.4, 0.5) is 5.82 Å². The number of aromatic amines is 1. The molecule has 1 N–H and O–H groups in total. The molecular formula is C32H36N4O2. The van der Waals surface area contributed by atoms with Crippen molar-refractivity contribution in [3.63, 3.8) is 0 Å². The van der Waals surface area contributed by atoms with Crippen LogP contribution in [0.25, 0.3) is 21.8 Å². The second kappa shape index (κ2) is 9.26. The molecule has 2 aliphatic rings. The van der Waals surface area contributed by atoms with Gasteiger partial charge in [-0.25, -0.2) is 4.98 Å². The highest BCUT2D eigenvalue weighted by molar-refractivity contribution is 6.16. The lowest BCUT2D eigenvalue weighted by molar-refractivity contribution is 0.0605. The van der Waals surface area contributed by atoms with Gasteiger partial charge in [0.25, 0.3) is 5.91 Å². The molecule has 0 bridgehead atoms. The Kier molecular flexibility index (Phi) is 6.01. The third-order valence-corrected chi connectivity index (χ3v) is 8.61. The number of H-pyrrole nitrogens is 1. The molecule has 6 heteroatoms. The van der Waals surface area contributed by atoms with Crippen LogP contribution in [0.5, 0.6) is 0 Å². The number of pyridine rings is 1. The smallest absolute Gasteiger partial charge is 0.253 e. The van der Waals surface area contributed by atoms with E-state index in [0.29, 0.717) is 12.1 Å². The summed E-state index contributed by atoms with van der Waals surface area (Å²) in [5.74, 6) is 1.03. The standard InChI is InChI=1S/C32H36N4O2/c1-31(2,3)24-13-11-22(12-14-24)30(38)35-17-8-16-32(21-35)15-6-7-18-36(32)29-27-25-9-4-5-10-26(25)34-28(27)23(20-37)19-33-29/h4-5,9-14,19-20,34H,6-8,15-18,21H2,1-3H3. The molecule has 0 saturated carbocycles. The van der Waals surface area contributed by atoms with Crippen molar-refractivity contribution in [1.29, 1.82) is 0 Å². The van der Waals surface area contributed by atoms with Gasteiger partial charge in [-0.15, -0.1) is 0 Å². The average Bonchev–Trinajstić information content (AvgIpc) is 3.32. The van der Waals surface area contributed by atoms with Gasteiger partial charge in [-0.1, -0.05) is 51.1 Å². The number of nitrogens with one attached hydrogen (secondary N) is 1. The van der Waals surface area contributed by atoms with Crippen LogP contribution in [0.2, 0.25) is 0 Å². The fourth-order valence-corrected chi connectivity index (χ4v) is 6.58. The molecule has 6 rings (SSSR count). The Morgan fingerprint density at radius 1 is 1.00 bits per heavy atom. The third-order valence-electron chi connectivity index (χ3n) is 8.61. The maximum atomic E-state index is 13.7. The van der Waals surface area contributed by atoms with Crippen LogP contribution < -0.4 is 4.90 Å². The topological polar surface area (TPSA) is 69.3 Å². The molecule has 1 atom stereocenters. The molecule has 196 valence electrons. The van der Waals surface area contributed by atoms with Gasteiger partial charge in [0, 0.05) is 42.3 Å². The number of benzene rings is 2. The number of nitrogens with zero attached hydrogens (tertiary/aromatic N) is 3. The highest BCUT2D eigenvalue weighted by Gasteiger charge is 2.44. The highest BCUT2D eigenvalue weighted by atomic mass is 16.2. The van der Waals surface area contributed by atoms with Crippen LogP contribution in [-0.2, 0) is 5.41 Å². The minimum Gasteiger partial charge on any atom is -0.354 e. The molecule has 2 fully saturated rings. The third kappa shape index (κ3) is 4.07. The molecule has 0 radical (unpaired) electrons. The number of aldehydes is 1. The summed E-state index contributed by atoms with van der Waals surface area (Å²) >= 11 is 0. The largest absolute Gasteiger partial charge is 0.354 e. The van der Waals surface area contributed by atoms with Crippen molar-refractivity contribution in [3.05, 3.63) is 71.4 Å². The first-order valence-electron chi connectivity index (χ1n) is 13.8. The van der Waals surface area contributed by atoms with E-state index < -0.39 is 0 Å². The number of carbonyl (C=O) groups excluding carboxylic acids is 2. The van der Waals surface area contributed by atoms with Crippen molar-refractivity contribution < 1.29 is 9.59 Å². The van der Waals surface area contributed by atoms with Crippen LogP contribution in [-0.4, -0.2) is 52.2 Å². The van der Waals surface area contributed by atoms with E-state index in [2.05, 4.69) is 53.8 Å². The minimum atomic E-state index is -0.168. The molecule has 2 aromatic heterocycles. The lowest BCUT2D eigenvalue weighted by Crippen LogP contribution is -2.62. The Morgan fingerprint density at radius 3 is 2.53 bits per heavy atom. The first kappa shape index (κ1) is 24.7. The normalized spacial score (nSPS) is 20.4. The molecule has 2 saturated heterocycles. The molecule has 2 aliphatic heterocycles.